The molecule has 1 N–H and O–H groups in total. The molecule has 0 spiro atoms. The fourth-order valence-corrected chi connectivity index (χ4v) is 3.09. The van der Waals surface area contributed by atoms with Crippen molar-refractivity contribution in [3.05, 3.63) is 0 Å². The Labute approximate surface area is 122 Å². The third kappa shape index (κ3) is 5.61. The van der Waals surface area contributed by atoms with Gasteiger partial charge in [-0.2, -0.15) is 11.8 Å². The summed E-state index contributed by atoms with van der Waals surface area (Å²) < 4.78 is 5.44. The Morgan fingerprint density at radius 2 is 2.21 bits per heavy atom. The van der Waals surface area contributed by atoms with Gasteiger partial charge in [-0.1, -0.05) is 6.92 Å². The van der Waals surface area contributed by atoms with Crippen LogP contribution in [0.25, 0.3) is 0 Å². The third-order valence-electron chi connectivity index (χ3n) is 3.39. The van der Waals surface area contributed by atoms with Gasteiger partial charge in [0.25, 0.3) is 0 Å². The van der Waals surface area contributed by atoms with Crippen LogP contribution in [0, 0.1) is 0 Å². The van der Waals surface area contributed by atoms with E-state index >= 15 is 0 Å². The van der Waals surface area contributed by atoms with Gasteiger partial charge in [-0.15, -0.1) is 0 Å². The summed E-state index contributed by atoms with van der Waals surface area (Å²) in [4.78, 5) is 7.13. The van der Waals surface area contributed by atoms with Gasteiger partial charge < -0.3 is 15.0 Å². The molecule has 0 aliphatic carbocycles. The Morgan fingerprint density at radius 3 is 2.79 bits per heavy atom. The van der Waals surface area contributed by atoms with E-state index < -0.39 is 0 Å². The zero-order chi connectivity index (χ0) is 14.3. The molecule has 1 saturated heterocycles. The van der Waals surface area contributed by atoms with Gasteiger partial charge in [0.2, 0.25) is 0 Å². The van der Waals surface area contributed by atoms with E-state index in [1.165, 1.54) is 12.2 Å². The van der Waals surface area contributed by atoms with E-state index in [-0.39, 0.29) is 5.60 Å². The number of nitrogens with one attached hydrogen (secondary N) is 1. The van der Waals surface area contributed by atoms with Crippen LogP contribution in [0.15, 0.2) is 4.99 Å². The van der Waals surface area contributed by atoms with Crippen molar-refractivity contribution in [1.29, 1.82) is 0 Å². The molecule has 0 bridgehead atoms. The Hall–Kier alpha value is -0.420. The van der Waals surface area contributed by atoms with Crippen molar-refractivity contribution < 1.29 is 4.74 Å². The van der Waals surface area contributed by atoms with Crippen LogP contribution in [0.3, 0.4) is 0 Å². The molecule has 0 amide bonds. The maximum Gasteiger partial charge on any atom is 0.194 e. The lowest BCUT2D eigenvalue weighted by Crippen LogP contribution is -2.48. The molecule has 1 aliphatic heterocycles. The van der Waals surface area contributed by atoms with Crippen LogP contribution in [0.1, 0.15) is 34.1 Å². The Bertz CT molecular complexity index is 294. The lowest BCUT2D eigenvalue weighted by atomic mass is 10.1. The van der Waals surface area contributed by atoms with Gasteiger partial charge in [0.1, 0.15) is 0 Å². The first kappa shape index (κ1) is 16.6. The molecule has 1 rings (SSSR count). The van der Waals surface area contributed by atoms with E-state index in [1.54, 1.807) is 7.11 Å². The SMILES string of the molecule is CCNC(=NCC(C)(C)OC)N1CCSC(CC)C1. The maximum absolute atomic E-state index is 5.44. The summed E-state index contributed by atoms with van der Waals surface area (Å²) in [5.74, 6) is 2.22. The molecule has 1 fully saturated rings. The zero-order valence-corrected chi connectivity index (χ0v) is 13.8. The van der Waals surface area contributed by atoms with Crippen molar-refractivity contribution in [1.82, 2.24) is 10.2 Å². The summed E-state index contributed by atoms with van der Waals surface area (Å²) in [5.41, 5.74) is -0.199. The largest absolute Gasteiger partial charge is 0.377 e. The second-order valence-electron chi connectivity index (χ2n) is 5.48. The van der Waals surface area contributed by atoms with Crippen LogP contribution in [-0.2, 0) is 4.74 Å². The van der Waals surface area contributed by atoms with Crippen LogP contribution in [-0.4, -0.2) is 60.8 Å². The first-order chi connectivity index (χ1) is 9.02. The molecule has 0 aromatic rings. The Morgan fingerprint density at radius 1 is 1.47 bits per heavy atom. The number of guanidine groups is 1. The number of hydrogen-bond acceptors (Lipinski definition) is 3. The van der Waals surface area contributed by atoms with Gasteiger partial charge in [-0.25, -0.2) is 0 Å². The van der Waals surface area contributed by atoms with Crippen molar-refractivity contribution in [2.24, 2.45) is 4.99 Å². The molecule has 19 heavy (non-hydrogen) atoms. The predicted octanol–water partition coefficient (Wildman–Crippen LogP) is 2.20. The quantitative estimate of drug-likeness (QED) is 0.621. The van der Waals surface area contributed by atoms with Gasteiger partial charge in [0, 0.05) is 37.7 Å². The van der Waals surface area contributed by atoms with Crippen LogP contribution in [0.5, 0.6) is 0 Å². The van der Waals surface area contributed by atoms with E-state index in [0.717, 1.165) is 30.8 Å². The minimum atomic E-state index is -0.199. The second-order valence-corrected chi connectivity index (χ2v) is 6.89. The van der Waals surface area contributed by atoms with Crippen molar-refractivity contribution in [2.45, 2.75) is 45.0 Å². The minimum Gasteiger partial charge on any atom is -0.377 e. The van der Waals surface area contributed by atoms with Gasteiger partial charge in [0.15, 0.2) is 5.96 Å². The van der Waals surface area contributed by atoms with Gasteiger partial charge in [-0.3, -0.25) is 4.99 Å². The number of rotatable bonds is 5. The number of ether oxygens (including phenoxy) is 1. The number of hydrogen-bond donors (Lipinski definition) is 1. The average molecular weight is 287 g/mol. The van der Waals surface area contributed by atoms with Crippen LogP contribution in [0.2, 0.25) is 0 Å². The lowest BCUT2D eigenvalue weighted by molar-refractivity contribution is 0.0309. The summed E-state index contributed by atoms with van der Waals surface area (Å²) in [6, 6.07) is 0. The molecule has 1 heterocycles. The van der Waals surface area contributed by atoms with Crippen molar-refractivity contribution in [3.63, 3.8) is 0 Å². The minimum absolute atomic E-state index is 0.199. The van der Waals surface area contributed by atoms with Crippen molar-refractivity contribution >= 4 is 17.7 Å². The molecule has 112 valence electrons. The third-order valence-corrected chi connectivity index (χ3v) is 4.76. The summed E-state index contributed by atoms with van der Waals surface area (Å²) >= 11 is 2.08. The van der Waals surface area contributed by atoms with Gasteiger partial charge in [0.05, 0.1) is 12.1 Å². The summed E-state index contributed by atoms with van der Waals surface area (Å²) in [6.07, 6.45) is 1.23. The second kappa shape index (κ2) is 8.00. The lowest BCUT2D eigenvalue weighted by Gasteiger charge is -2.34. The van der Waals surface area contributed by atoms with E-state index in [0.29, 0.717) is 6.54 Å². The highest BCUT2D eigenvalue weighted by Crippen LogP contribution is 2.21. The number of nitrogens with zero attached hydrogens (tertiary/aromatic N) is 2. The van der Waals surface area contributed by atoms with E-state index in [9.17, 15) is 0 Å². The molecule has 1 aliphatic rings. The monoisotopic (exact) mass is 287 g/mol. The molecular weight excluding hydrogens is 258 g/mol. The molecular formula is C14H29N3OS. The molecule has 0 saturated carbocycles. The molecule has 1 atom stereocenters. The van der Waals surface area contributed by atoms with Crippen molar-refractivity contribution in [2.75, 3.05) is 39.0 Å². The van der Waals surface area contributed by atoms with E-state index in [4.69, 9.17) is 9.73 Å². The fourth-order valence-electron chi connectivity index (χ4n) is 1.91. The first-order valence-electron chi connectivity index (χ1n) is 7.22. The molecule has 0 aromatic carbocycles. The van der Waals surface area contributed by atoms with Gasteiger partial charge >= 0.3 is 0 Å². The summed E-state index contributed by atoms with van der Waals surface area (Å²) in [7, 11) is 1.74. The summed E-state index contributed by atoms with van der Waals surface area (Å²) in [5, 5.41) is 4.13. The molecule has 4 nitrogen and oxygen atoms in total. The number of methoxy groups -OCH3 is 1. The highest BCUT2D eigenvalue weighted by Gasteiger charge is 2.22. The Kier molecular flexibility index (Phi) is 7.00. The fraction of sp³-hybridized carbons (Fsp3) is 0.929. The van der Waals surface area contributed by atoms with Crippen molar-refractivity contribution in [3.8, 4) is 0 Å². The molecule has 0 aromatic heterocycles. The van der Waals surface area contributed by atoms with Crippen LogP contribution < -0.4 is 5.32 Å². The molecule has 1 unspecified atom stereocenters. The molecule has 5 heteroatoms. The summed E-state index contributed by atoms with van der Waals surface area (Å²) in [6.45, 7) is 12.3. The highest BCUT2D eigenvalue weighted by atomic mass is 32.2. The Balaban J connectivity index is 2.67. The predicted molar refractivity (Wildman–Crippen MR) is 85.2 cm³/mol. The highest BCUT2D eigenvalue weighted by molar-refractivity contribution is 8.00. The maximum atomic E-state index is 5.44. The number of thioether (sulfide) groups is 1. The smallest absolute Gasteiger partial charge is 0.194 e. The zero-order valence-electron chi connectivity index (χ0n) is 13.0. The normalized spacial score (nSPS) is 21.6. The van der Waals surface area contributed by atoms with Crippen LogP contribution >= 0.6 is 11.8 Å². The molecule has 0 radical (unpaired) electrons. The first-order valence-corrected chi connectivity index (χ1v) is 8.27. The standard InChI is InChI=1S/C14H29N3OS/c1-6-12-10-17(8-9-19-12)13(15-7-2)16-11-14(3,4)18-5/h12H,6-11H2,1-5H3,(H,15,16). The van der Waals surface area contributed by atoms with Crippen LogP contribution in [0.4, 0.5) is 0 Å². The van der Waals surface area contributed by atoms with E-state index in [2.05, 4.69) is 49.7 Å². The number of aliphatic imine (C=N–C) groups is 1. The topological polar surface area (TPSA) is 36.9 Å². The van der Waals surface area contributed by atoms with E-state index in [1.807, 2.05) is 0 Å². The van der Waals surface area contributed by atoms with Gasteiger partial charge in [-0.05, 0) is 27.2 Å². The average Bonchev–Trinajstić information content (AvgIpc) is 2.43.